The second kappa shape index (κ2) is 12.5. The zero-order chi connectivity index (χ0) is 20.9. The van der Waals surface area contributed by atoms with Gasteiger partial charge < -0.3 is 30.0 Å². The number of aliphatic imine (C=N–C) groups is 1. The first-order valence-corrected chi connectivity index (χ1v) is 9.75. The molecule has 7 heteroatoms. The lowest BCUT2D eigenvalue weighted by Crippen LogP contribution is -2.37. The van der Waals surface area contributed by atoms with Gasteiger partial charge >= 0.3 is 0 Å². The average Bonchev–Trinajstić information content (AvgIpc) is 2.76. The summed E-state index contributed by atoms with van der Waals surface area (Å²) >= 11 is 0. The van der Waals surface area contributed by atoms with E-state index < -0.39 is 0 Å². The Kier molecular flexibility index (Phi) is 9.65. The third-order valence-corrected chi connectivity index (χ3v) is 4.29. The molecule has 0 bridgehead atoms. The summed E-state index contributed by atoms with van der Waals surface area (Å²) in [5.41, 5.74) is 1.81. The predicted octanol–water partition coefficient (Wildman–Crippen LogP) is 3.07. The predicted molar refractivity (Wildman–Crippen MR) is 115 cm³/mol. The molecule has 2 aromatic rings. The van der Waals surface area contributed by atoms with Crippen LogP contribution in [0.15, 0.2) is 47.5 Å². The monoisotopic (exact) mass is 401 g/mol. The van der Waals surface area contributed by atoms with Crippen molar-refractivity contribution in [3.05, 3.63) is 53.6 Å². The summed E-state index contributed by atoms with van der Waals surface area (Å²) in [7, 11) is 3.18. The largest absolute Gasteiger partial charge is 0.504 e. The highest BCUT2D eigenvalue weighted by molar-refractivity contribution is 5.79. The standard InChI is InChI=1S/C22H31N3O4/c1-4-29-14-6-13-23-22(24-15-17-9-11-19(27-2)12-10-17)25-16-18-7-5-8-20(28-3)21(18)26/h5,7-12,26H,4,6,13-16H2,1-3H3,(H2,23,24,25). The molecule has 0 radical (unpaired) electrons. The molecule has 0 atom stereocenters. The molecule has 0 spiro atoms. The number of rotatable bonds is 11. The van der Waals surface area contributed by atoms with Crippen LogP contribution in [0.2, 0.25) is 0 Å². The third-order valence-electron chi connectivity index (χ3n) is 4.29. The maximum atomic E-state index is 10.3. The highest BCUT2D eigenvalue weighted by Gasteiger charge is 2.08. The molecule has 3 N–H and O–H groups in total. The summed E-state index contributed by atoms with van der Waals surface area (Å²) in [6, 6.07) is 13.2. The molecule has 2 aromatic carbocycles. The van der Waals surface area contributed by atoms with Gasteiger partial charge in [0.2, 0.25) is 0 Å². The van der Waals surface area contributed by atoms with E-state index in [4.69, 9.17) is 14.2 Å². The van der Waals surface area contributed by atoms with E-state index >= 15 is 0 Å². The number of methoxy groups -OCH3 is 2. The van der Waals surface area contributed by atoms with Crippen molar-refractivity contribution < 1.29 is 19.3 Å². The van der Waals surface area contributed by atoms with Gasteiger partial charge in [0.15, 0.2) is 17.5 Å². The maximum Gasteiger partial charge on any atom is 0.191 e. The molecule has 0 unspecified atom stereocenters. The van der Waals surface area contributed by atoms with Crippen molar-refractivity contribution in [2.24, 2.45) is 4.99 Å². The lowest BCUT2D eigenvalue weighted by Gasteiger charge is -2.14. The molecule has 2 rings (SSSR count). The summed E-state index contributed by atoms with van der Waals surface area (Å²) in [6.07, 6.45) is 0.876. The number of benzene rings is 2. The minimum absolute atomic E-state index is 0.133. The molecule has 0 aromatic heterocycles. The number of hydrogen-bond donors (Lipinski definition) is 3. The lowest BCUT2D eigenvalue weighted by atomic mass is 10.2. The van der Waals surface area contributed by atoms with Gasteiger partial charge in [-0.1, -0.05) is 24.3 Å². The molecule has 0 saturated carbocycles. The first kappa shape index (κ1) is 22.4. The van der Waals surface area contributed by atoms with Crippen molar-refractivity contribution in [2.75, 3.05) is 34.0 Å². The van der Waals surface area contributed by atoms with Crippen LogP contribution >= 0.6 is 0 Å². The van der Waals surface area contributed by atoms with Gasteiger partial charge in [-0.15, -0.1) is 0 Å². The quantitative estimate of drug-likeness (QED) is 0.305. The molecule has 0 aliphatic carbocycles. The van der Waals surface area contributed by atoms with Gasteiger partial charge in [-0.2, -0.15) is 0 Å². The van der Waals surface area contributed by atoms with Crippen molar-refractivity contribution in [3.63, 3.8) is 0 Å². The molecule has 7 nitrogen and oxygen atoms in total. The maximum absolute atomic E-state index is 10.3. The summed E-state index contributed by atoms with van der Waals surface area (Å²) in [6.45, 7) is 5.07. The van der Waals surface area contributed by atoms with Crippen LogP contribution in [0.1, 0.15) is 24.5 Å². The Hall–Kier alpha value is -2.93. The van der Waals surface area contributed by atoms with Crippen LogP contribution in [0.25, 0.3) is 0 Å². The first-order valence-electron chi connectivity index (χ1n) is 9.75. The van der Waals surface area contributed by atoms with Crippen molar-refractivity contribution >= 4 is 5.96 Å². The number of guanidine groups is 1. The van der Waals surface area contributed by atoms with Gasteiger partial charge in [0.05, 0.1) is 20.8 Å². The van der Waals surface area contributed by atoms with Gasteiger partial charge in [0.25, 0.3) is 0 Å². The SMILES string of the molecule is CCOCCCNC(=NCc1ccc(OC)cc1)NCc1cccc(OC)c1O. The van der Waals surface area contributed by atoms with Crippen LogP contribution in [-0.2, 0) is 17.8 Å². The number of hydrogen-bond acceptors (Lipinski definition) is 5. The molecule has 0 heterocycles. The summed E-state index contributed by atoms with van der Waals surface area (Å²) in [5.74, 6) is 2.07. The van der Waals surface area contributed by atoms with Crippen molar-refractivity contribution in [1.29, 1.82) is 0 Å². The Morgan fingerprint density at radius 3 is 2.52 bits per heavy atom. The van der Waals surface area contributed by atoms with Crippen LogP contribution in [0.5, 0.6) is 17.2 Å². The minimum Gasteiger partial charge on any atom is -0.504 e. The van der Waals surface area contributed by atoms with E-state index in [9.17, 15) is 5.11 Å². The molecule has 29 heavy (non-hydrogen) atoms. The van der Waals surface area contributed by atoms with E-state index in [-0.39, 0.29) is 5.75 Å². The zero-order valence-electron chi connectivity index (χ0n) is 17.4. The molecule has 0 amide bonds. The van der Waals surface area contributed by atoms with E-state index in [0.717, 1.165) is 29.8 Å². The third kappa shape index (κ3) is 7.54. The van der Waals surface area contributed by atoms with E-state index in [1.807, 2.05) is 43.3 Å². The van der Waals surface area contributed by atoms with Crippen molar-refractivity contribution in [3.8, 4) is 17.2 Å². The second-order valence-electron chi connectivity index (χ2n) is 6.31. The number of phenolic OH excluding ortho intramolecular Hbond substituents is 1. The first-order chi connectivity index (χ1) is 14.2. The van der Waals surface area contributed by atoms with Gasteiger partial charge in [-0.05, 0) is 37.1 Å². The Bertz CT molecular complexity index is 763. The number of para-hydroxylation sites is 1. The topological polar surface area (TPSA) is 84.3 Å². The fourth-order valence-corrected chi connectivity index (χ4v) is 2.66. The smallest absolute Gasteiger partial charge is 0.191 e. The minimum atomic E-state index is 0.133. The fourth-order valence-electron chi connectivity index (χ4n) is 2.66. The molecule has 0 aliphatic rings. The molecule has 0 fully saturated rings. The van der Waals surface area contributed by atoms with E-state index in [0.29, 0.717) is 38.0 Å². The highest BCUT2D eigenvalue weighted by Crippen LogP contribution is 2.29. The average molecular weight is 402 g/mol. The Labute approximate surface area is 172 Å². The lowest BCUT2D eigenvalue weighted by molar-refractivity contribution is 0.145. The van der Waals surface area contributed by atoms with Crippen LogP contribution in [0.3, 0.4) is 0 Å². The summed E-state index contributed by atoms with van der Waals surface area (Å²) in [5, 5.41) is 16.9. The number of aromatic hydroxyl groups is 1. The van der Waals surface area contributed by atoms with Gasteiger partial charge in [-0.25, -0.2) is 4.99 Å². The molecule has 0 saturated heterocycles. The normalized spacial score (nSPS) is 11.2. The van der Waals surface area contributed by atoms with Crippen LogP contribution in [-0.4, -0.2) is 45.0 Å². The summed E-state index contributed by atoms with van der Waals surface area (Å²) in [4.78, 5) is 4.65. The number of nitrogens with zero attached hydrogens (tertiary/aromatic N) is 1. The number of ether oxygens (including phenoxy) is 3. The van der Waals surface area contributed by atoms with Gasteiger partial charge in [-0.3, -0.25) is 0 Å². The molecule has 0 aliphatic heterocycles. The Morgan fingerprint density at radius 2 is 1.83 bits per heavy atom. The molecule has 158 valence electrons. The van der Waals surface area contributed by atoms with Crippen molar-refractivity contribution in [1.82, 2.24) is 10.6 Å². The van der Waals surface area contributed by atoms with Crippen LogP contribution in [0, 0.1) is 0 Å². The second-order valence-corrected chi connectivity index (χ2v) is 6.31. The van der Waals surface area contributed by atoms with Gasteiger partial charge in [0.1, 0.15) is 5.75 Å². The number of phenols is 1. The van der Waals surface area contributed by atoms with E-state index in [1.54, 1.807) is 13.2 Å². The molecular formula is C22H31N3O4. The summed E-state index contributed by atoms with van der Waals surface area (Å²) < 4.78 is 15.7. The van der Waals surface area contributed by atoms with Crippen molar-refractivity contribution in [2.45, 2.75) is 26.4 Å². The Balaban J connectivity index is 2.01. The van der Waals surface area contributed by atoms with Crippen LogP contribution < -0.4 is 20.1 Å². The number of nitrogens with one attached hydrogen (secondary N) is 2. The van der Waals surface area contributed by atoms with E-state index in [1.165, 1.54) is 7.11 Å². The van der Waals surface area contributed by atoms with Gasteiger partial charge in [0, 0.05) is 31.9 Å². The highest BCUT2D eigenvalue weighted by atomic mass is 16.5. The molecular weight excluding hydrogens is 370 g/mol. The zero-order valence-corrected chi connectivity index (χ0v) is 17.4. The Morgan fingerprint density at radius 1 is 1.03 bits per heavy atom. The fraction of sp³-hybridized carbons (Fsp3) is 0.409. The van der Waals surface area contributed by atoms with E-state index in [2.05, 4.69) is 15.6 Å². The van der Waals surface area contributed by atoms with Crippen LogP contribution in [0.4, 0.5) is 0 Å².